The lowest BCUT2D eigenvalue weighted by atomic mass is 10.0. The van der Waals surface area contributed by atoms with E-state index in [0.717, 1.165) is 0 Å². The molecule has 1 amide bonds. The number of nitrogens with one attached hydrogen (secondary N) is 1. The van der Waals surface area contributed by atoms with Crippen molar-refractivity contribution in [2.75, 3.05) is 0 Å². The normalized spacial score (nSPS) is 10.9. The zero-order chi connectivity index (χ0) is 12.2. The fourth-order valence-corrected chi connectivity index (χ4v) is 1.22. The van der Waals surface area contributed by atoms with Crippen molar-refractivity contribution in [3.63, 3.8) is 0 Å². The highest BCUT2D eigenvalue weighted by atomic mass is 16.4. The molecule has 6 nitrogen and oxygen atoms in total. The molecule has 0 unspecified atom stereocenters. The minimum atomic E-state index is -0.965. The molecule has 1 heterocycles. The third kappa shape index (κ3) is 3.64. The molecule has 0 radical (unpaired) electrons. The van der Waals surface area contributed by atoms with Gasteiger partial charge in [-0.3, -0.25) is 9.59 Å². The summed E-state index contributed by atoms with van der Waals surface area (Å²) in [5.74, 6) is -1.37. The van der Waals surface area contributed by atoms with Crippen LogP contribution in [0.4, 0.5) is 0 Å². The Morgan fingerprint density at radius 1 is 1.50 bits per heavy atom. The fourth-order valence-electron chi connectivity index (χ4n) is 1.22. The van der Waals surface area contributed by atoms with E-state index in [1.54, 1.807) is 13.8 Å². The minimum Gasteiger partial charge on any atom is -0.481 e. The van der Waals surface area contributed by atoms with E-state index in [1.165, 1.54) is 18.6 Å². The SMILES string of the molecule is CC(C)(CC(=O)O)NC(=O)c1ccncn1. The zero-order valence-corrected chi connectivity index (χ0v) is 9.10. The van der Waals surface area contributed by atoms with Gasteiger partial charge in [0.1, 0.15) is 12.0 Å². The van der Waals surface area contributed by atoms with Gasteiger partial charge in [0, 0.05) is 11.7 Å². The molecular weight excluding hydrogens is 210 g/mol. The van der Waals surface area contributed by atoms with Crippen molar-refractivity contribution >= 4 is 11.9 Å². The molecule has 2 N–H and O–H groups in total. The summed E-state index contributed by atoms with van der Waals surface area (Å²) in [6, 6.07) is 1.46. The van der Waals surface area contributed by atoms with Gasteiger partial charge in [-0.15, -0.1) is 0 Å². The summed E-state index contributed by atoms with van der Waals surface area (Å²) >= 11 is 0. The lowest BCUT2D eigenvalue weighted by Crippen LogP contribution is -2.45. The van der Waals surface area contributed by atoms with Crippen molar-refractivity contribution in [2.24, 2.45) is 0 Å². The van der Waals surface area contributed by atoms with E-state index in [4.69, 9.17) is 5.11 Å². The van der Waals surface area contributed by atoms with Gasteiger partial charge in [0.2, 0.25) is 0 Å². The maximum atomic E-state index is 11.6. The van der Waals surface area contributed by atoms with Gasteiger partial charge >= 0.3 is 5.97 Å². The van der Waals surface area contributed by atoms with Crippen LogP contribution in [0.1, 0.15) is 30.8 Å². The van der Waals surface area contributed by atoms with Crippen LogP contribution in [-0.2, 0) is 4.79 Å². The highest BCUT2D eigenvalue weighted by Crippen LogP contribution is 2.09. The van der Waals surface area contributed by atoms with E-state index in [1.807, 2.05) is 0 Å². The van der Waals surface area contributed by atoms with Gasteiger partial charge in [0.05, 0.1) is 6.42 Å². The van der Waals surface area contributed by atoms with Gasteiger partial charge in [-0.05, 0) is 19.9 Å². The maximum Gasteiger partial charge on any atom is 0.305 e. The molecule has 6 heteroatoms. The quantitative estimate of drug-likeness (QED) is 0.773. The molecule has 0 atom stereocenters. The van der Waals surface area contributed by atoms with Gasteiger partial charge < -0.3 is 10.4 Å². The molecule has 1 aromatic heterocycles. The summed E-state index contributed by atoms with van der Waals surface area (Å²) < 4.78 is 0. The first-order chi connectivity index (χ1) is 7.41. The summed E-state index contributed by atoms with van der Waals surface area (Å²) in [7, 11) is 0. The smallest absolute Gasteiger partial charge is 0.305 e. The maximum absolute atomic E-state index is 11.6. The molecular formula is C10H13N3O3. The number of carboxylic acid groups (broad SMARTS) is 1. The molecule has 0 spiro atoms. The van der Waals surface area contributed by atoms with Gasteiger partial charge in [0.25, 0.3) is 5.91 Å². The highest BCUT2D eigenvalue weighted by Gasteiger charge is 2.24. The number of hydrogen-bond acceptors (Lipinski definition) is 4. The van der Waals surface area contributed by atoms with Crippen LogP contribution >= 0.6 is 0 Å². The van der Waals surface area contributed by atoms with Crippen LogP contribution in [-0.4, -0.2) is 32.5 Å². The Labute approximate surface area is 92.7 Å². The predicted octanol–water partition coefficient (Wildman–Crippen LogP) is 0.460. The number of aromatic nitrogens is 2. The lowest BCUT2D eigenvalue weighted by molar-refractivity contribution is -0.138. The van der Waals surface area contributed by atoms with Crippen LogP contribution in [0.25, 0.3) is 0 Å². The van der Waals surface area contributed by atoms with Gasteiger partial charge in [-0.1, -0.05) is 0 Å². The second-order valence-corrected chi connectivity index (χ2v) is 4.00. The number of carboxylic acids is 1. The fraction of sp³-hybridized carbons (Fsp3) is 0.400. The van der Waals surface area contributed by atoms with Gasteiger partial charge in [-0.2, -0.15) is 0 Å². The first kappa shape index (κ1) is 12.1. The van der Waals surface area contributed by atoms with E-state index in [9.17, 15) is 9.59 Å². The number of nitrogens with zero attached hydrogens (tertiary/aromatic N) is 2. The van der Waals surface area contributed by atoms with E-state index < -0.39 is 17.4 Å². The van der Waals surface area contributed by atoms with E-state index in [2.05, 4.69) is 15.3 Å². The van der Waals surface area contributed by atoms with Crippen LogP contribution in [0.15, 0.2) is 18.6 Å². The molecule has 0 aliphatic rings. The molecule has 0 saturated carbocycles. The van der Waals surface area contributed by atoms with Gasteiger partial charge in [0.15, 0.2) is 0 Å². The monoisotopic (exact) mass is 223 g/mol. The number of hydrogen-bond donors (Lipinski definition) is 2. The van der Waals surface area contributed by atoms with E-state index in [0.29, 0.717) is 0 Å². The molecule has 0 aliphatic heterocycles. The van der Waals surface area contributed by atoms with Crippen LogP contribution in [0.2, 0.25) is 0 Å². The molecule has 0 fully saturated rings. The molecule has 1 rings (SSSR count). The van der Waals surface area contributed by atoms with Crippen molar-refractivity contribution in [1.29, 1.82) is 0 Å². The predicted molar refractivity (Wildman–Crippen MR) is 55.8 cm³/mol. The number of carbonyl (C=O) groups excluding carboxylic acids is 1. The second-order valence-electron chi connectivity index (χ2n) is 4.00. The molecule has 0 bridgehead atoms. The third-order valence-electron chi connectivity index (χ3n) is 1.86. The van der Waals surface area contributed by atoms with Crippen molar-refractivity contribution < 1.29 is 14.7 Å². The Morgan fingerprint density at radius 2 is 2.19 bits per heavy atom. The molecule has 1 aromatic rings. The zero-order valence-electron chi connectivity index (χ0n) is 9.10. The Balaban J connectivity index is 2.68. The van der Waals surface area contributed by atoms with Crippen LogP contribution in [0.5, 0.6) is 0 Å². The molecule has 0 aromatic carbocycles. The Hall–Kier alpha value is -1.98. The largest absolute Gasteiger partial charge is 0.481 e. The van der Waals surface area contributed by atoms with Crippen molar-refractivity contribution in [3.05, 3.63) is 24.3 Å². The molecule has 86 valence electrons. The summed E-state index contributed by atoms with van der Waals surface area (Å²) in [4.78, 5) is 29.7. The summed E-state index contributed by atoms with van der Waals surface area (Å²) in [6.45, 7) is 3.28. The third-order valence-corrected chi connectivity index (χ3v) is 1.86. The molecule has 16 heavy (non-hydrogen) atoms. The van der Waals surface area contributed by atoms with Gasteiger partial charge in [-0.25, -0.2) is 9.97 Å². The standard InChI is InChI=1S/C10H13N3O3/c1-10(2,5-8(14)15)13-9(16)7-3-4-11-6-12-7/h3-4,6H,5H2,1-2H3,(H,13,16)(H,14,15). The highest BCUT2D eigenvalue weighted by molar-refractivity contribution is 5.92. The molecule has 0 saturated heterocycles. The Morgan fingerprint density at radius 3 is 2.69 bits per heavy atom. The second kappa shape index (κ2) is 4.69. The topological polar surface area (TPSA) is 92.2 Å². The number of carbonyl (C=O) groups is 2. The molecule has 0 aliphatic carbocycles. The minimum absolute atomic E-state index is 0.149. The summed E-state index contributed by atoms with van der Waals surface area (Å²) in [6.07, 6.45) is 2.56. The van der Waals surface area contributed by atoms with Crippen molar-refractivity contribution in [2.45, 2.75) is 25.8 Å². The first-order valence-electron chi connectivity index (χ1n) is 4.71. The Kier molecular flexibility index (Phi) is 3.55. The average molecular weight is 223 g/mol. The number of amides is 1. The van der Waals surface area contributed by atoms with Crippen molar-refractivity contribution in [1.82, 2.24) is 15.3 Å². The number of aliphatic carboxylic acids is 1. The van der Waals surface area contributed by atoms with E-state index in [-0.39, 0.29) is 12.1 Å². The Bertz CT molecular complexity index is 390. The summed E-state index contributed by atoms with van der Waals surface area (Å²) in [5.41, 5.74) is -0.595. The van der Waals surface area contributed by atoms with Crippen molar-refractivity contribution in [3.8, 4) is 0 Å². The van der Waals surface area contributed by atoms with Crippen LogP contribution in [0.3, 0.4) is 0 Å². The summed E-state index contributed by atoms with van der Waals surface area (Å²) in [5, 5.41) is 11.2. The lowest BCUT2D eigenvalue weighted by Gasteiger charge is -2.23. The van der Waals surface area contributed by atoms with Crippen LogP contribution in [0, 0.1) is 0 Å². The first-order valence-corrected chi connectivity index (χ1v) is 4.71. The number of rotatable bonds is 4. The van der Waals surface area contributed by atoms with Crippen LogP contribution < -0.4 is 5.32 Å². The van der Waals surface area contributed by atoms with E-state index >= 15 is 0 Å². The average Bonchev–Trinajstić information content (AvgIpc) is 2.16.